The third kappa shape index (κ3) is 2.58. The zero-order valence-electron chi connectivity index (χ0n) is 13.0. The minimum absolute atomic E-state index is 0.160. The molecule has 2 aliphatic rings. The molecule has 0 radical (unpaired) electrons. The molecule has 0 spiro atoms. The standard InChI is InChI=1S/C18H27NO/c1-13(14-9-5-4-6-10-14)19-17-15-11-7-8-12-16(15)20-18(17,2)3/h7-8,11-14,17,19H,4-6,9-10H2,1-3H3. The zero-order chi connectivity index (χ0) is 14.2. The van der Waals surface area contributed by atoms with Gasteiger partial charge in [-0.1, -0.05) is 37.5 Å². The molecule has 1 aromatic carbocycles. The summed E-state index contributed by atoms with van der Waals surface area (Å²) in [7, 11) is 0. The van der Waals surface area contributed by atoms with Gasteiger partial charge in [-0.25, -0.2) is 0 Å². The summed E-state index contributed by atoms with van der Waals surface area (Å²) in [5.74, 6) is 1.87. The van der Waals surface area contributed by atoms with Gasteiger partial charge in [-0.05, 0) is 45.6 Å². The Kier molecular flexibility index (Phi) is 3.76. The van der Waals surface area contributed by atoms with Crippen molar-refractivity contribution >= 4 is 0 Å². The molecule has 1 heterocycles. The Hall–Kier alpha value is -1.02. The van der Waals surface area contributed by atoms with E-state index < -0.39 is 0 Å². The van der Waals surface area contributed by atoms with Crippen LogP contribution in [0, 0.1) is 5.92 Å². The summed E-state index contributed by atoms with van der Waals surface area (Å²) >= 11 is 0. The van der Waals surface area contributed by atoms with Crippen molar-refractivity contribution in [2.24, 2.45) is 5.92 Å². The first kappa shape index (κ1) is 13.9. The van der Waals surface area contributed by atoms with Gasteiger partial charge in [0.15, 0.2) is 0 Å². The topological polar surface area (TPSA) is 21.3 Å². The molecule has 1 saturated carbocycles. The van der Waals surface area contributed by atoms with E-state index in [-0.39, 0.29) is 5.60 Å². The third-order valence-corrected chi connectivity index (χ3v) is 5.08. The molecule has 0 bridgehead atoms. The minimum Gasteiger partial charge on any atom is -0.486 e. The highest BCUT2D eigenvalue weighted by Gasteiger charge is 2.42. The fraction of sp³-hybridized carbons (Fsp3) is 0.667. The van der Waals surface area contributed by atoms with E-state index in [1.165, 1.54) is 37.7 Å². The summed E-state index contributed by atoms with van der Waals surface area (Å²) in [5.41, 5.74) is 1.16. The Morgan fingerprint density at radius 2 is 1.85 bits per heavy atom. The molecule has 1 fully saturated rings. The quantitative estimate of drug-likeness (QED) is 0.878. The largest absolute Gasteiger partial charge is 0.486 e. The molecule has 1 aromatic rings. The molecule has 3 rings (SSSR count). The molecule has 0 aromatic heterocycles. The molecule has 2 heteroatoms. The van der Waals surface area contributed by atoms with Crippen LogP contribution < -0.4 is 10.1 Å². The molecule has 0 amide bonds. The van der Waals surface area contributed by atoms with Gasteiger partial charge >= 0.3 is 0 Å². The van der Waals surface area contributed by atoms with Gasteiger partial charge in [0.05, 0.1) is 6.04 Å². The maximum absolute atomic E-state index is 6.13. The summed E-state index contributed by atoms with van der Waals surface area (Å²) in [5, 5.41) is 3.87. The third-order valence-electron chi connectivity index (χ3n) is 5.08. The predicted octanol–water partition coefficient (Wildman–Crippen LogP) is 4.46. The first-order chi connectivity index (χ1) is 9.58. The fourth-order valence-electron chi connectivity index (χ4n) is 3.85. The van der Waals surface area contributed by atoms with Crippen LogP contribution in [-0.2, 0) is 0 Å². The van der Waals surface area contributed by atoms with Crippen LogP contribution in [0.3, 0.4) is 0 Å². The average molecular weight is 273 g/mol. The first-order valence-corrected chi connectivity index (χ1v) is 8.12. The molecule has 2 atom stereocenters. The van der Waals surface area contributed by atoms with Crippen molar-refractivity contribution in [3.63, 3.8) is 0 Å². The lowest BCUT2D eigenvalue weighted by Crippen LogP contribution is -2.45. The van der Waals surface area contributed by atoms with Crippen LogP contribution in [-0.4, -0.2) is 11.6 Å². The first-order valence-electron chi connectivity index (χ1n) is 8.12. The number of ether oxygens (including phenoxy) is 1. The number of fused-ring (bicyclic) bond motifs is 1. The highest BCUT2D eigenvalue weighted by molar-refractivity contribution is 5.42. The van der Waals surface area contributed by atoms with Crippen LogP contribution in [0.25, 0.3) is 0 Å². The summed E-state index contributed by atoms with van der Waals surface area (Å²) in [6.07, 6.45) is 6.98. The Morgan fingerprint density at radius 3 is 2.60 bits per heavy atom. The van der Waals surface area contributed by atoms with Crippen LogP contribution in [0.4, 0.5) is 0 Å². The van der Waals surface area contributed by atoms with Crippen molar-refractivity contribution in [2.45, 2.75) is 70.6 Å². The molecule has 1 aliphatic carbocycles. The number of rotatable bonds is 3. The van der Waals surface area contributed by atoms with E-state index in [0.29, 0.717) is 12.1 Å². The van der Waals surface area contributed by atoms with Gasteiger partial charge in [0, 0.05) is 11.6 Å². The smallest absolute Gasteiger partial charge is 0.125 e. The molecule has 0 saturated heterocycles. The van der Waals surface area contributed by atoms with Crippen molar-refractivity contribution in [1.82, 2.24) is 5.32 Å². The van der Waals surface area contributed by atoms with Gasteiger partial charge in [0.25, 0.3) is 0 Å². The summed E-state index contributed by atoms with van der Waals surface area (Å²) in [6, 6.07) is 9.33. The molecule has 20 heavy (non-hydrogen) atoms. The van der Waals surface area contributed by atoms with E-state index in [1.807, 2.05) is 0 Å². The van der Waals surface area contributed by atoms with Gasteiger partial charge in [-0.2, -0.15) is 0 Å². The van der Waals surface area contributed by atoms with Crippen LogP contribution in [0.2, 0.25) is 0 Å². The molecular formula is C18H27NO. The minimum atomic E-state index is -0.160. The number of benzene rings is 1. The second-order valence-electron chi connectivity index (χ2n) is 7.03. The molecular weight excluding hydrogens is 246 g/mol. The zero-order valence-corrected chi connectivity index (χ0v) is 13.0. The monoisotopic (exact) mass is 273 g/mol. The Bertz CT molecular complexity index is 462. The fourth-order valence-corrected chi connectivity index (χ4v) is 3.85. The Labute approximate surface area is 122 Å². The predicted molar refractivity (Wildman–Crippen MR) is 83.1 cm³/mol. The lowest BCUT2D eigenvalue weighted by Gasteiger charge is -2.34. The number of hydrogen-bond acceptors (Lipinski definition) is 2. The average Bonchev–Trinajstić information content (AvgIpc) is 2.70. The molecule has 110 valence electrons. The van der Waals surface area contributed by atoms with Gasteiger partial charge in [-0.15, -0.1) is 0 Å². The van der Waals surface area contributed by atoms with E-state index in [2.05, 4.69) is 50.4 Å². The maximum atomic E-state index is 6.13. The van der Waals surface area contributed by atoms with Gasteiger partial charge in [-0.3, -0.25) is 0 Å². The SMILES string of the molecule is CC(NC1c2ccccc2OC1(C)C)C1CCCCC1. The van der Waals surface area contributed by atoms with Crippen molar-refractivity contribution in [3.05, 3.63) is 29.8 Å². The van der Waals surface area contributed by atoms with Gasteiger partial charge in [0.2, 0.25) is 0 Å². The molecule has 2 nitrogen and oxygen atoms in total. The van der Waals surface area contributed by atoms with E-state index >= 15 is 0 Å². The summed E-state index contributed by atoms with van der Waals surface area (Å²) in [6.45, 7) is 6.74. The maximum Gasteiger partial charge on any atom is 0.125 e. The summed E-state index contributed by atoms with van der Waals surface area (Å²) < 4.78 is 6.13. The highest BCUT2D eigenvalue weighted by Crippen LogP contribution is 2.43. The normalized spacial score (nSPS) is 26.9. The number of para-hydroxylation sites is 1. The van der Waals surface area contributed by atoms with Crippen LogP contribution >= 0.6 is 0 Å². The van der Waals surface area contributed by atoms with E-state index in [9.17, 15) is 0 Å². The molecule has 1 N–H and O–H groups in total. The number of nitrogens with one attached hydrogen (secondary N) is 1. The lowest BCUT2D eigenvalue weighted by atomic mass is 9.83. The van der Waals surface area contributed by atoms with Crippen LogP contribution in [0.15, 0.2) is 24.3 Å². The van der Waals surface area contributed by atoms with Crippen molar-refractivity contribution in [2.75, 3.05) is 0 Å². The second-order valence-corrected chi connectivity index (χ2v) is 7.03. The van der Waals surface area contributed by atoms with E-state index in [1.54, 1.807) is 0 Å². The molecule has 1 aliphatic heterocycles. The van der Waals surface area contributed by atoms with E-state index in [0.717, 1.165) is 11.7 Å². The van der Waals surface area contributed by atoms with E-state index in [4.69, 9.17) is 4.74 Å². The van der Waals surface area contributed by atoms with Crippen molar-refractivity contribution in [1.29, 1.82) is 0 Å². The number of hydrogen-bond donors (Lipinski definition) is 1. The second kappa shape index (κ2) is 5.40. The molecule has 2 unspecified atom stereocenters. The van der Waals surface area contributed by atoms with Crippen LogP contribution in [0.1, 0.15) is 64.5 Å². The summed E-state index contributed by atoms with van der Waals surface area (Å²) in [4.78, 5) is 0. The van der Waals surface area contributed by atoms with Crippen molar-refractivity contribution in [3.8, 4) is 5.75 Å². The Morgan fingerprint density at radius 1 is 1.15 bits per heavy atom. The van der Waals surface area contributed by atoms with Gasteiger partial charge < -0.3 is 10.1 Å². The van der Waals surface area contributed by atoms with Crippen LogP contribution in [0.5, 0.6) is 5.75 Å². The van der Waals surface area contributed by atoms with Gasteiger partial charge in [0.1, 0.15) is 11.4 Å². The van der Waals surface area contributed by atoms with Crippen molar-refractivity contribution < 1.29 is 4.74 Å². The highest BCUT2D eigenvalue weighted by atomic mass is 16.5. The lowest BCUT2D eigenvalue weighted by molar-refractivity contribution is 0.0851. The Balaban J connectivity index is 1.75.